The molecule has 3 nitrogen and oxygen atoms in total. The fourth-order valence-corrected chi connectivity index (χ4v) is 1.01. The Hall–Kier alpha value is -1.08. The van der Waals surface area contributed by atoms with Crippen LogP contribution in [0.15, 0.2) is 18.3 Å². The molecule has 12 heavy (non-hydrogen) atoms. The van der Waals surface area contributed by atoms with E-state index in [9.17, 15) is 0 Å². The lowest BCUT2D eigenvalue weighted by atomic mass is 10.2. The van der Waals surface area contributed by atoms with Gasteiger partial charge in [0.15, 0.2) is 0 Å². The van der Waals surface area contributed by atoms with Crippen molar-refractivity contribution in [1.82, 2.24) is 4.98 Å². The van der Waals surface area contributed by atoms with E-state index in [1.54, 1.807) is 25.4 Å². The first kappa shape index (κ1) is 9.01. The lowest BCUT2D eigenvalue weighted by molar-refractivity contribution is 0.397. The van der Waals surface area contributed by atoms with Gasteiger partial charge in [0.2, 0.25) is 5.88 Å². The summed E-state index contributed by atoms with van der Waals surface area (Å²) in [5.74, 6) is 0.552. The van der Waals surface area contributed by atoms with Crippen LogP contribution < -0.4 is 4.74 Å². The van der Waals surface area contributed by atoms with Crippen molar-refractivity contribution < 1.29 is 4.74 Å². The van der Waals surface area contributed by atoms with Crippen LogP contribution in [0, 0.1) is 11.3 Å². The summed E-state index contributed by atoms with van der Waals surface area (Å²) in [7, 11) is 1.55. The van der Waals surface area contributed by atoms with Crippen molar-refractivity contribution in [2.24, 2.45) is 0 Å². The molecule has 1 aromatic heterocycles. The molecule has 1 heterocycles. The number of hydrogen-bond donors (Lipinski definition) is 0. The Labute approximate surface area is 79.1 Å². The molecule has 0 aliphatic rings. The van der Waals surface area contributed by atoms with Gasteiger partial charge in [-0.2, -0.15) is 5.26 Å². The van der Waals surface area contributed by atoms with Crippen molar-refractivity contribution >= 4 is 15.9 Å². The molecule has 4 heteroatoms. The van der Waals surface area contributed by atoms with Crippen LogP contribution >= 0.6 is 15.9 Å². The van der Waals surface area contributed by atoms with Gasteiger partial charge < -0.3 is 4.74 Å². The molecule has 0 N–H and O–H groups in total. The van der Waals surface area contributed by atoms with Crippen molar-refractivity contribution in [2.45, 2.75) is 4.83 Å². The minimum absolute atomic E-state index is 0.295. The van der Waals surface area contributed by atoms with Gasteiger partial charge >= 0.3 is 0 Å². The smallest absolute Gasteiger partial charge is 0.212 e. The van der Waals surface area contributed by atoms with Crippen LogP contribution in [-0.4, -0.2) is 12.1 Å². The molecule has 0 amide bonds. The van der Waals surface area contributed by atoms with E-state index in [-0.39, 0.29) is 4.83 Å². The minimum Gasteiger partial charge on any atom is -0.481 e. The standard InChI is InChI=1S/C8H7BrN2O/c1-12-8-3-2-6(5-11-8)7(9)4-10/h2-3,5,7H,1H3. The van der Waals surface area contributed by atoms with E-state index < -0.39 is 0 Å². The number of nitriles is 1. The largest absolute Gasteiger partial charge is 0.481 e. The van der Waals surface area contributed by atoms with E-state index in [2.05, 4.69) is 27.0 Å². The predicted molar refractivity (Wildman–Crippen MR) is 48.1 cm³/mol. The molecular weight excluding hydrogens is 220 g/mol. The number of rotatable bonds is 2. The summed E-state index contributed by atoms with van der Waals surface area (Å²) in [5.41, 5.74) is 0.832. The molecular formula is C8H7BrN2O. The van der Waals surface area contributed by atoms with Crippen molar-refractivity contribution in [3.8, 4) is 11.9 Å². The number of ether oxygens (including phenoxy) is 1. The Balaban J connectivity index is 2.86. The first-order chi connectivity index (χ1) is 5.77. The molecule has 0 saturated heterocycles. The second kappa shape index (κ2) is 4.07. The van der Waals surface area contributed by atoms with Crippen LogP contribution in [0.25, 0.3) is 0 Å². The fourth-order valence-electron chi connectivity index (χ4n) is 0.737. The van der Waals surface area contributed by atoms with Crippen molar-refractivity contribution in [3.05, 3.63) is 23.9 Å². The molecule has 0 saturated carbocycles. The van der Waals surface area contributed by atoms with Gasteiger partial charge in [-0.15, -0.1) is 0 Å². The summed E-state index contributed by atoms with van der Waals surface area (Å²) in [6.07, 6.45) is 1.61. The van der Waals surface area contributed by atoms with Gasteiger partial charge in [-0.05, 0) is 11.6 Å². The van der Waals surface area contributed by atoms with Gasteiger partial charge in [0.1, 0.15) is 4.83 Å². The second-order valence-electron chi connectivity index (χ2n) is 2.13. The minimum atomic E-state index is -0.295. The van der Waals surface area contributed by atoms with Gasteiger partial charge in [-0.3, -0.25) is 0 Å². The molecule has 0 aliphatic carbocycles. The maximum Gasteiger partial charge on any atom is 0.212 e. The van der Waals surface area contributed by atoms with Gasteiger partial charge in [0.25, 0.3) is 0 Å². The Morgan fingerprint density at radius 2 is 2.42 bits per heavy atom. The van der Waals surface area contributed by atoms with Crippen LogP contribution in [0.5, 0.6) is 5.88 Å². The highest BCUT2D eigenvalue weighted by Gasteiger charge is 2.05. The second-order valence-corrected chi connectivity index (χ2v) is 3.04. The summed E-state index contributed by atoms with van der Waals surface area (Å²) in [6, 6.07) is 5.58. The number of aromatic nitrogens is 1. The third-order valence-corrected chi connectivity index (χ3v) is 2.11. The third-order valence-electron chi connectivity index (χ3n) is 1.37. The Bertz CT molecular complexity index is 291. The average molecular weight is 227 g/mol. The van der Waals surface area contributed by atoms with Crippen LogP contribution in [0.2, 0.25) is 0 Å². The zero-order valence-corrected chi connectivity index (χ0v) is 8.08. The predicted octanol–water partition coefficient (Wildman–Crippen LogP) is 2.05. The maximum absolute atomic E-state index is 8.56. The lowest BCUT2D eigenvalue weighted by Gasteiger charge is -2.01. The molecule has 1 aromatic rings. The zero-order valence-electron chi connectivity index (χ0n) is 6.49. The van der Waals surface area contributed by atoms with Crippen molar-refractivity contribution in [1.29, 1.82) is 5.26 Å². The molecule has 0 radical (unpaired) electrons. The Morgan fingerprint density at radius 1 is 1.67 bits per heavy atom. The first-order valence-corrected chi connectivity index (χ1v) is 4.23. The topological polar surface area (TPSA) is 45.9 Å². The number of nitrogens with zero attached hydrogens (tertiary/aromatic N) is 2. The molecule has 0 aliphatic heterocycles. The fraction of sp³-hybridized carbons (Fsp3) is 0.250. The van der Waals surface area contributed by atoms with E-state index in [0.717, 1.165) is 5.56 Å². The van der Waals surface area contributed by atoms with E-state index in [1.165, 1.54) is 0 Å². The number of alkyl halides is 1. The molecule has 0 aromatic carbocycles. The molecule has 62 valence electrons. The highest BCUT2D eigenvalue weighted by molar-refractivity contribution is 9.09. The molecule has 1 atom stereocenters. The van der Waals surface area contributed by atoms with E-state index in [1.807, 2.05) is 0 Å². The van der Waals surface area contributed by atoms with E-state index in [0.29, 0.717) is 5.88 Å². The highest BCUT2D eigenvalue weighted by Crippen LogP contribution is 2.21. The average Bonchev–Trinajstić information content (AvgIpc) is 2.17. The van der Waals surface area contributed by atoms with Crippen molar-refractivity contribution in [2.75, 3.05) is 7.11 Å². The summed E-state index contributed by atoms with van der Waals surface area (Å²) in [4.78, 5) is 3.67. The highest BCUT2D eigenvalue weighted by atomic mass is 79.9. The van der Waals surface area contributed by atoms with Gasteiger partial charge in [-0.1, -0.05) is 15.9 Å². The molecule has 1 unspecified atom stereocenters. The van der Waals surface area contributed by atoms with Crippen LogP contribution in [-0.2, 0) is 0 Å². The third kappa shape index (κ3) is 1.95. The van der Waals surface area contributed by atoms with E-state index in [4.69, 9.17) is 10.00 Å². The maximum atomic E-state index is 8.56. The summed E-state index contributed by atoms with van der Waals surface area (Å²) in [6.45, 7) is 0. The molecule has 1 rings (SSSR count). The zero-order chi connectivity index (χ0) is 8.97. The SMILES string of the molecule is COc1ccc(C(Br)C#N)cn1. The molecule has 0 bridgehead atoms. The lowest BCUT2D eigenvalue weighted by Crippen LogP contribution is -1.90. The van der Waals surface area contributed by atoms with Gasteiger partial charge in [-0.25, -0.2) is 4.98 Å². The molecule has 0 spiro atoms. The summed E-state index contributed by atoms with van der Waals surface area (Å²) in [5, 5.41) is 8.56. The Kier molecular flexibility index (Phi) is 3.06. The van der Waals surface area contributed by atoms with Crippen LogP contribution in [0.4, 0.5) is 0 Å². The van der Waals surface area contributed by atoms with Crippen LogP contribution in [0.3, 0.4) is 0 Å². The summed E-state index contributed by atoms with van der Waals surface area (Å²) < 4.78 is 4.87. The first-order valence-electron chi connectivity index (χ1n) is 3.31. The Morgan fingerprint density at radius 3 is 2.83 bits per heavy atom. The van der Waals surface area contributed by atoms with Gasteiger partial charge in [0, 0.05) is 12.3 Å². The number of hydrogen-bond acceptors (Lipinski definition) is 3. The molecule has 0 fully saturated rings. The normalized spacial score (nSPS) is 11.8. The van der Waals surface area contributed by atoms with Crippen molar-refractivity contribution in [3.63, 3.8) is 0 Å². The monoisotopic (exact) mass is 226 g/mol. The van der Waals surface area contributed by atoms with Crippen LogP contribution in [0.1, 0.15) is 10.4 Å². The summed E-state index contributed by atoms with van der Waals surface area (Å²) >= 11 is 3.19. The van der Waals surface area contributed by atoms with Gasteiger partial charge in [0.05, 0.1) is 13.2 Å². The number of halogens is 1. The van der Waals surface area contributed by atoms with E-state index >= 15 is 0 Å². The number of pyridine rings is 1. The quantitative estimate of drug-likeness (QED) is 0.726. The number of methoxy groups -OCH3 is 1.